The van der Waals surface area contributed by atoms with Gasteiger partial charge >= 0.3 is 7.48 Å². The van der Waals surface area contributed by atoms with E-state index in [0.717, 1.165) is 23.2 Å². The Labute approximate surface area is 83.5 Å². The lowest BCUT2D eigenvalue weighted by Gasteiger charge is -2.07. The first-order valence-corrected chi connectivity index (χ1v) is 4.40. The van der Waals surface area contributed by atoms with Gasteiger partial charge in [-0.3, -0.25) is 4.81 Å². The van der Waals surface area contributed by atoms with Gasteiger partial charge in [0.2, 0.25) is 0 Å². The second-order valence-corrected chi connectivity index (χ2v) is 2.82. The van der Waals surface area contributed by atoms with Crippen molar-refractivity contribution in [1.29, 1.82) is 0 Å². The molecule has 0 heterocycles. The van der Waals surface area contributed by atoms with Gasteiger partial charge in [0.05, 0.1) is 7.11 Å². The lowest BCUT2D eigenvalue weighted by Crippen LogP contribution is -2.21. The third-order valence-corrected chi connectivity index (χ3v) is 2.06. The van der Waals surface area contributed by atoms with Crippen LogP contribution < -0.4 is 10.2 Å². The molecule has 76 valence electrons. The monoisotopic (exact) mass is 196 g/mol. The summed E-state index contributed by atoms with van der Waals surface area (Å²) in [6.45, 7) is 2.04. The molecule has 0 unspecified atom stereocenters. The minimum absolute atomic E-state index is 0.226. The highest BCUT2D eigenvalue weighted by molar-refractivity contribution is 6.47. The minimum atomic E-state index is 0.226. The van der Waals surface area contributed by atoms with E-state index in [1.165, 1.54) is 0 Å². The van der Waals surface area contributed by atoms with Crippen LogP contribution in [0.2, 0.25) is 0 Å². The van der Waals surface area contributed by atoms with Crippen LogP contribution in [0.4, 0.5) is 0 Å². The van der Waals surface area contributed by atoms with Gasteiger partial charge in [0, 0.05) is 0 Å². The van der Waals surface area contributed by atoms with Gasteiger partial charge < -0.3 is 4.74 Å². The standard InChI is InChI=1S/C9H13BO4/c1-3-7-6-8(12-2)4-5-9(7)10-13-14-11/h4-6,10-11H,3H2,1-2H3. The fraction of sp³-hybridized carbons (Fsp3) is 0.333. The molecule has 1 rings (SSSR count). The topological polar surface area (TPSA) is 47.9 Å². The van der Waals surface area contributed by atoms with Crippen molar-refractivity contribution in [3.05, 3.63) is 23.8 Å². The Morgan fingerprint density at radius 1 is 1.43 bits per heavy atom. The van der Waals surface area contributed by atoms with E-state index >= 15 is 0 Å². The molecular formula is C9H13BO4. The zero-order valence-corrected chi connectivity index (χ0v) is 8.32. The van der Waals surface area contributed by atoms with Gasteiger partial charge in [-0.05, 0) is 29.6 Å². The van der Waals surface area contributed by atoms with Crippen LogP contribution in [0.25, 0.3) is 0 Å². The van der Waals surface area contributed by atoms with Gasteiger partial charge in [-0.15, -0.1) is 0 Å². The average molecular weight is 196 g/mol. The van der Waals surface area contributed by atoms with E-state index in [4.69, 9.17) is 9.99 Å². The van der Waals surface area contributed by atoms with Crippen LogP contribution in [-0.4, -0.2) is 19.8 Å². The molecule has 0 aromatic heterocycles. The van der Waals surface area contributed by atoms with Crippen molar-refractivity contribution < 1.29 is 19.8 Å². The predicted octanol–water partition coefficient (Wildman–Crippen LogP) is 0.656. The van der Waals surface area contributed by atoms with Gasteiger partial charge in [-0.1, -0.05) is 18.0 Å². The van der Waals surface area contributed by atoms with Crippen molar-refractivity contribution in [2.24, 2.45) is 0 Å². The maximum atomic E-state index is 8.05. The molecule has 1 aromatic rings. The quantitative estimate of drug-likeness (QED) is 0.426. The van der Waals surface area contributed by atoms with Crippen LogP contribution in [0.1, 0.15) is 12.5 Å². The summed E-state index contributed by atoms with van der Waals surface area (Å²) in [5.74, 6) is 0.815. The van der Waals surface area contributed by atoms with Gasteiger partial charge in [0.1, 0.15) is 5.75 Å². The number of ether oxygens (including phenoxy) is 1. The van der Waals surface area contributed by atoms with Crippen LogP contribution >= 0.6 is 0 Å². The molecule has 0 amide bonds. The second-order valence-electron chi connectivity index (χ2n) is 2.82. The normalized spacial score (nSPS) is 9.93. The molecule has 0 atom stereocenters. The third kappa shape index (κ3) is 2.73. The van der Waals surface area contributed by atoms with E-state index in [9.17, 15) is 0 Å². The van der Waals surface area contributed by atoms with E-state index in [1.54, 1.807) is 7.11 Å². The van der Waals surface area contributed by atoms with Crippen LogP contribution in [0.15, 0.2) is 18.2 Å². The first kappa shape index (κ1) is 11.0. The zero-order chi connectivity index (χ0) is 10.4. The molecule has 0 saturated heterocycles. The van der Waals surface area contributed by atoms with Crippen LogP contribution in [0.5, 0.6) is 5.75 Å². The summed E-state index contributed by atoms with van der Waals surface area (Å²) < 4.78 is 5.09. The Bertz CT molecular complexity index is 290. The summed E-state index contributed by atoms with van der Waals surface area (Å²) in [7, 11) is 1.85. The number of rotatable bonds is 5. The smallest absolute Gasteiger partial charge is 0.360 e. The summed E-state index contributed by atoms with van der Waals surface area (Å²) in [6, 6.07) is 5.67. The van der Waals surface area contributed by atoms with E-state index in [0.29, 0.717) is 0 Å². The van der Waals surface area contributed by atoms with E-state index in [-0.39, 0.29) is 7.48 Å². The molecule has 0 radical (unpaired) electrons. The van der Waals surface area contributed by atoms with Crippen LogP contribution in [0.3, 0.4) is 0 Å². The van der Waals surface area contributed by atoms with Crippen LogP contribution in [-0.2, 0) is 16.3 Å². The van der Waals surface area contributed by atoms with E-state index in [1.807, 2.05) is 25.1 Å². The van der Waals surface area contributed by atoms with Gasteiger partial charge in [-0.25, -0.2) is 5.26 Å². The van der Waals surface area contributed by atoms with Crippen molar-refractivity contribution in [1.82, 2.24) is 0 Å². The van der Waals surface area contributed by atoms with Gasteiger partial charge in [0.25, 0.3) is 0 Å². The van der Waals surface area contributed by atoms with Gasteiger partial charge in [0.15, 0.2) is 0 Å². The van der Waals surface area contributed by atoms with Crippen molar-refractivity contribution in [3.63, 3.8) is 0 Å². The molecule has 0 spiro atoms. The number of hydrogen-bond acceptors (Lipinski definition) is 4. The fourth-order valence-electron chi connectivity index (χ4n) is 1.29. The molecule has 1 N–H and O–H groups in total. The Kier molecular flexibility index (Phi) is 4.45. The Morgan fingerprint density at radius 2 is 2.21 bits per heavy atom. The summed E-state index contributed by atoms with van der Waals surface area (Å²) >= 11 is 0. The van der Waals surface area contributed by atoms with Crippen LogP contribution in [0, 0.1) is 0 Å². The highest BCUT2D eigenvalue weighted by Crippen LogP contribution is 2.11. The molecule has 0 aliphatic carbocycles. The minimum Gasteiger partial charge on any atom is -0.497 e. The fourth-order valence-corrected chi connectivity index (χ4v) is 1.29. The largest absolute Gasteiger partial charge is 0.497 e. The Morgan fingerprint density at radius 3 is 2.79 bits per heavy atom. The molecule has 0 aliphatic rings. The lowest BCUT2D eigenvalue weighted by molar-refractivity contribution is -0.441. The average Bonchev–Trinajstić information content (AvgIpc) is 2.26. The highest BCUT2D eigenvalue weighted by atomic mass is 17.5. The number of aryl methyl sites for hydroxylation is 1. The van der Waals surface area contributed by atoms with Crippen molar-refractivity contribution in [2.75, 3.05) is 7.11 Å². The molecule has 0 aliphatic heterocycles. The molecular weight excluding hydrogens is 183 g/mol. The molecule has 5 heteroatoms. The molecule has 1 aromatic carbocycles. The van der Waals surface area contributed by atoms with Crippen molar-refractivity contribution in [2.45, 2.75) is 13.3 Å². The third-order valence-electron chi connectivity index (χ3n) is 2.06. The molecule has 4 nitrogen and oxygen atoms in total. The molecule has 0 saturated carbocycles. The lowest BCUT2D eigenvalue weighted by atomic mass is 9.83. The Balaban J connectivity index is 2.82. The molecule has 0 fully saturated rings. The first-order valence-electron chi connectivity index (χ1n) is 4.40. The summed E-state index contributed by atoms with van der Waals surface area (Å²) in [4.78, 5) is 4.45. The maximum absolute atomic E-state index is 8.05. The summed E-state index contributed by atoms with van der Waals surface area (Å²) in [5.41, 5.74) is 2.09. The van der Waals surface area contributed by atoms with Crippen molar-refractivity contribution >= 4 is 12.9 Å². The van der Waals surface area contributed by atoms with E-state index in [2.05, 4.69) is 9.84 Å². The first-order chi connectivity index (χ1) is 6.81. The van der Waals surface area contributed by atoms with Gasteiger partial charge in [-0.2, -0.15) is 0 Å². The van der Waals surface area contributed by atoms with E-state index < -0.39 is 0 Å². The Hall–Kier alpha value is -1.04. The summed E-state index contributed by atoms with van der Waals surface area (Å²) in [5, 5.41) is 11.6. The SMILES string of the molecule is CCc1cc(OC)ccc1BOOO. The zero-order valence-electron chi connectivity index (χ0n) is 8.32. The number of methoxy groups -OCH3 is 1. The predicted molar refractivity (Wildman–Crippen MR) is 54.0 cm³/mol. The molecule has 0 bridgehead atoms. The number of hydrogen-bond donors (Lipinski definition) is 1. The van der Waals surface area contributed by atoms with Crippen molar-refractivity contribution in [3.8, 4) is 5.75 Å². The second kappa shape index (κ2) is 5.64. The maximum Gasteiger partial charge on any atom is 0.360 e. The molecule has 14 heavy (non-hydrogen) atoms. The highest BCUT2D eigenvalue weighted by Gasteiger charge is 2.05. The summed E-state index contributed by atoms with van der Waals surface area (Å²) in [6.07, 6.45) is 0.876. The number of benzene rings is 1.